The molecule has 0 fully saturated rings. The Morgan fingerprint density at radius 2 is 1.33 bits per heavy atom. The van der Waals surface area contributed by atoms with Crippen molar-refractivity contribution < 1.29 is 23.8 Å². The average Bonchev–Trinajstić information content (AvgIpc) is 1.95. The molecule has 0 spiro atoms. The molecule has 5 heteroatoms. The highest BCUT2D eigenvalue weighted by atomic mass is 19.0. The van der Waals surface area contributed by atoms with E-state index in [2.05, 4.69) is 6.58 Å². The van der Waals surface area contributed by atoms with Gasteiger partial charge in [-0.25, -0.2) is 4.79 Å². The summed E-state index contributed by atoms with van der Waals surface area (Å²) >= 11 is 0. The number of rotatable bonds is 3. The second-order valence-corrected chi connectivity index (χ2v) is 5.87. The van der Waals surface area contributed by atoms with Gasteiger partial charge >= 0.3 is 11.9 Å². The van der Waals surface area contributed by atoms with E-state index in [1.54, 1.807) is 41.5 Å². The highest BCUT2D eigenvalue weighted by Gasteiger charge is 2.22. The van der Waals surface area contributed by atoms with E-state index in [1.165, 1.54) is 0 Å². The quantitative estimate of drug-likeness (QED) is 0.579. The molecular weight excluding hydrogens is 239 g/mol. The van der Waals surface area contributed by atoms with Crippen LogP contribution in [0.25, 0.3) is 0 Å². The molecule has 0 aliphatic carbocycles. The first-order valence-corrected chi connectivity index (χ1v) is 5.54. The van der Waals surface area contributed by atoms with Crippen LogP contribution in [0.5, 0.6) is 0 Å². The molecule has 0 aliphatic rings. The predicted molar refractivity (Wildman–Crippen MR) is 68.0 cm³/mol. The summed E-state index contributed by atoms with van der Waals surface area (Å²) in [7, 11) is 0. The molecule has 106 valence electrons. The van der Waals surface area contributed by atoms with E-state index in [1.807, 2.05) is 0 Å². The minimum Gasteiger partial charge on any atom is -0.460 e. The Hall–Kier alpha value is -1.39. The van der Waals surface area contributed by atoms with Gasteiger partial charge in [0.1, 0.15) is 11.2 Å². The third-order valence-corrected chi connectivity index (χ3v) is 1.47. The first kappa shape index (κ1) is 19.0. The van der Waals surface area contributed by atoms with Gasteiger partial charge in [-0.1, -0.05) is 6.58 Å². The molecule has 0 aromatic rings. The van der Waals surface area contributed by atoms with Gasteiger partial charge in [0.15, 0.2) is 0 Å². The van der Waals surface area contributed by atoms with Crippen LogP contribution in [-0.2, 0) is 19.1 Å². The summed E-state index contributed by atoms with van der Waals surface area (Å²) in [5.74, 6) is -1.04. The number of hydrogen-bond acceptors (Lipinski definition) is 4. The van der Waals surface area contributed by atoms with Crippen LogP contribution in [0, 0.1) is 0 Å². The molecule has 0 saturated heterocycles. The Balaban J connectivity index is 0. The van der Waals surface area contributed by atoms with Gasteiger partial charge in [0, 0.05) is 5.57 Å². The van der Waals surface area contributed by atoms with Crippen LogP contribution in [-0.4, -0.2) is 23.1 Å². The molecule has 0 unspecified atom stereocenters. The maximum atomic E-state index is 11.5. The first-order chi connectivity index (χ1) is 7.41. The lowest BCUT2D eigenvalue weighted by molar-refractivity contribution is -0.157. The Morgan fingerprint density at radius 1 is 0.944 bits per heavy atom. The highest BCUT2D eigenvalue weighted by molar-refractivity contribution is 5.93. The maximum absolute atomic E-state index is 11.5. The number of carbonyl (C=O) groups excluding carboxylic acids is 2. The molecule has 4 nitrogen and oxygen atoms in total. The van der Waals surface area contributed by atoms with Crippen LogP contribution < -0.4 is 0 Å². The van der Waals surface area contributed by atoms with Crippen LogP contribution in [0.3, 0.4) is 0 Å². The molecule has 0 N–H and O–H groups in total. The number of carbonyl (C=O) groups is 2. The molecule has 0 rings (SSSR count). The van der Waals surface area contributed by atoms with Gasteiger partial charge in [0.05, 0.1) is 6.42 Å². The van der Waals surface area contributed by atoms with Crippen LogP contribution in [0.1, 0.15) is 48.0 Å². The fourth-order valence-corrected chi connectivity index (χ4v) is 0.974. The van der Waals surface area contributed by atoms with Crippen LogP contribution >= 0.6 is 0 Å². The summed E-state index contributed by atoms with van der Waals surface area (Å²) in [6, 6.07) is 0. The fourth-order valence-electron chi connectivity index (χ4n) is 0.974. The molecule has 0 aromatic heterocycles. The van der Waals surface area contributed by atoms with E-state index in [0.717, 1.165) is 0 Å². The molecule has 0 aliphatic heterocycles. The predicted octanol–water partition coefficient (Wildman–Crippen LogP) is 2.77. The standard InChI is InChI=1S/C13H22O4.FH/c1-9(11(15)17-13(5,6)7)8-10(14)16-12(2,3)4;/h1,8H2,2-7H3;1H. The van der Waals surface area contributed by atoms with Crippen LogP contribution in [0.2, 0.25) is 0 Å². The molecule has 0 saturated carbocycles. The second kappa shape index (κ2) is 6.52. The first-order valence-electron chi connectivity index (χ1n) is 5.54. The smallest absolute Gasteiger partial charge is 0.334 e. The lowest BCUT2D eigenvalue weighted by atomic mass is 10.1. The van der Waals surface area contributed by atoms with Crippen LogP contribution in [0.15, 0.2) is 12.2 Å². The summed E-state index contributed by atoms with van der Waals surface area (Å²) in [5, 5.41) is 0. The van der Waals surface area contributed by atoms with E-state index in [-0.39, 0.29) is 16.7 Å². The number of halogens is 1. The third-order valence-electron chi connectivity index (χ3n) is 1.47. The summed E-state index contributed by atoms with van der Waals surface area (Å²) in [5.41, 5.74) is -1.05. The Kier molecular flexibility index (Phi) is 6.87. The van der Waals surface area contributed by atoms with Crippen molar-refractivity contribution in [3.05, 3.63) is 12.2 Å². The van der Waals surface area contributed by atoms with Crippen molar-refractivity contribution in [3.8, 4) is 0 Å². The van der Waals surface area contributed by atoms with E-state index in [9.17, 15) is 9.59 Å². The lowest BCUT2D eigenvalue weighted by Crippen LogP contribution is -2.27. The Bertz CT molecular complexity index is 321. The minimum absolute atomic E-state index is 0. The highest BCUT2D eigenvalue weighted by Crippen LogP contribution is 2.14. The minimum atomic E-state index is -0.589. The molecule has 0 aromatic carbocycles. The largest absolute Gasteiger partial charge is 0.460 e. The molecule has 0 atom stereocenters. The zero-order valence-corrected chi connectivity index (χ0v) is 12.0. The monoisotopic (exact) mass is 262 g/mol. The molecule has 0 bridgehead atoms. The SMILES string of the molecule is C=C(CC(=O)OC(C)(C)C)C(=O)OC(C)(C)C.F. The van der Waals surface area contributed by atoms with E-state index < -0.39 is 23.1 Å². The molecule has 0 heterocycles. The second-order valence-electron chi connectivity index (χ2n) is 5.87. The Morgan fingerprint density at radius 3 is 1.67 bits per heavy atom. The number of esters is 2. The average molecular weight is 262 g/mol. The van der Waals surface area contributed by atoms with E-state index in [0.29, 0.717) is 0 Å². The van der Waals surface area contributed by atoms with Gasteiger partial charge in [0.25, 0.3) is 0 Å². The Labute approximate surface area is 108 Å². The zero-order chi connectivity index (χ0) is 13.9. The lowest BCUT2D eigenvalue weighted by Gasteiger charge is -2.22. The van der Waals surface area contributed by atoms with Gasteiger partial charge in [-0.05, 0) is 41.5 Å². The van der Waals surface area contributed by atoms with Crippen molar-refractivity contribution in [2.45, 2.75) is 59.2 Å². The summed E-state index contributed by atoms with van der Waals surface area (Å²) in [6.07, 6.45) is -0.147. The van der Waals surface area contributed by atoms with E-state index >= 15 is 0 Å². The van der Waals surface area contributed by atoms with Crippen molar-refractivity contribution in [2.24, 2.45) is 0 Å². The van der Waals surface area contributed by atoms with Crippen molar-refractivity contribution in [1.82, 2.24) is 0 Å². The normalized spacial score (nSPS) is 11.2. The summed E-state index contributed by atoms with van der Waals surface area (Å²) in [6.45, 7) is 14.1. The fraction of sp³-hybridized carbons (Fsp3) is 0.692. The summed E-state index contributed by atoms with van der Waals surface area (Å²) < 4.78 is 10.2. The number of hydrogen-bond donors (Lipinski definition) is 0. The summed E-state index contributed by atoms with van der Waals surface area (Å²) in [4.78, 5) is 23.0. The molecular formula is C13H23FO4. The van der Waals surface area contributed by atoms with Crippen molar-refractivity contribution >= 4 is 11.9 Å². The molecule has 0 amide bonds. The van der Waals surface area contributed by atoms with Gasteiger partial charge in [-0.3, -0.25) is 9.50 Å². The van der Waals surface area contributed by atoms with Gasteiger partial charge in [-0.15, -0.1) is 0 Å². The van der Waals surface area contributed by atoms with Crippen molar-refractivity contribution in [3.63, 3.8) is 0 Å². The van der Waals surface area contributed by atoms with Gasteiger partial charge < -0.3 is 9.47 Å². The van der Waals surface area contributed by atoms with Crippen LogP contribution in [0.4, 0.5) is 4.70 Å². The van der Waals surface area contributed by atoms with E-state index in [4.69, 9.17) is 9.47 Å². The van der Waals surface area contributed by atoms with Gasteiger partial charge in [-0.2, -0.15) is 0 Å². The van der Waals surface area contributed by atoms with Gasteiger partial charge in [0.2, 0.25) is 0 Å². The zero-order valence-electron chi connectivity index (χ0n) is 12.0. The van der Waals surface area contributed by atoms with Crippen molar-refractivity contribution in [2.75, 3.05) is 0 Å². The maximum Gasteiger partial charge on any atom is 0.334 e. The number of ether oxygens (including phenoxy) is 2. The third kappa shape index (κ3) is 9.81. The molecule has 0 radical (unpaired) electrons. The topological polar surface area (TPSA) is 52.6 Å². The van der Waals surface area contributed by atoms with Crippen molar-refractivity contribution in [1.29, 1.82) is 0 Å². The molecule has 18 heavy (non-hydrogen) atoms.